The highest BCUT2D eigenvalue weighted by Gasteiger charge is 2.23. The quantitative estimate of drug-likeness (QED) is 0.830. The monoisotopic (exact) mass is 271 g/mol. The van der Waals surface area contributed by atoms with E-state index >= 15 is 0 Å². The summed E-state index contributed by atoms with van der Waals surface area (Å²) in [4.78, 5) is 0. The molecule has 0 saturated heterocycles. The van der Waals surface area contributed by atoms with Gasteiger partial charge in [0.05, 0.1) is 0 Å². The van der Waals surface area contributed by atoms with Gasteiger partial charge < -0.3 is 5.32 Å². The lowest BCUT2D eigenvalue weighted by Gasteiger charge is -2.27. The maximum atomic E-state index is 3.83. The Morgan fingerprint density at radius 1 is 1.20 bits per heavy atom. The molecule has 1 saturated carbocycles. The Balaban J connectivity index is 1.49. The lowest BCUT2D eigenvalue weighted by molar-refractivity contribution is 0.265. The van der Waals surface area contributed by atoms with Crippen LogP contribution in [0.3, 0.4) is 0 Å². The molecule has 0 bridgehead atoms. The fourth-order valence-corrected chi connectivity index (χ4v) is 4.22. The van der Waals surface area contributed by atoms with Crippen molar-refractivity contribution in [1.29, 1.82) is 0 Å². The van der Waals surface area contributed by atoms with Crippen LogP contribution in [0.1, 0.15) is 68.2 Å². The molecule has 3 unspecified atom stereocenters. The van der Waals surface area contributed by atoms with Crippen LogP contribution in [-0.4, -0.2) is 6.54 Å². The van der Waals surface area contributed by atoms with E-state index in [-0.39, 0.29) is 0 Å². The van der Waals surface area contributed by atoms with E-state index in [1.54, 1.807) is 11.1 Å². The van der Waals surface area contributed by atoms with E-state index in [4.69, 9.17) is 0 Å². The Morgan fingerprint density at radius 3 is 2.95 bits per heavy atom. The van der Waals surface area contributed by atoms with Gasteiger partial charge in [0.25, 0.3) is 0 Å². The molecule has 1 N–H and O–H groups in total. The molecule has 110 valence electrons. The molecule has 1 aromatic carbocycles. The third-order valence-corrected chi connectivity index (χ3v) is 5.37. The average Bonchev–Trinajstić information content (AvgIpc) is 2.82. The summed E-state index contributed by atoms with van der Waals surface area (Å²) in [7, 11) is 0. The first-order valence-corrected chi connectivity index (χ1v) is 8.55. The van der Waals surface area contributed by atoms with Gasteiger partial charge in [-0.2, -0.15) is 0 Å². The van der Waals surface area contributed by atoms with Crippen LogP contribution in [-0.2, 0) is 6.42 Å². The van der Waals surface area contributed by atoms with Gasteiger partial charge >= 0.3 is 0 Å². The van der Waals surface area contributed by atoms with Crippen molar-refractivity contribution in [2.45, 2.75) is 64.8 Å². The summed E-state index contributed by atoms with van der Waals surface area (Å²) in [6.45, 7) is 5.84. The normalized spacial score (nSPS) is 29.4. The third kappa shape index (κ3) is 3.25. The van der Waals surface area contributed by atoms with Crippen LogP contribution >= 0.6 is 0 Å². The van der Waals surface area contributed by atoms with E-state index in [0.29, 0.717) is 6.04 Å². The number of aryl methyl sites for hydroxylation is 2. The summed E-state index contributed by atoms with van der Waals surface area (Å²) in [5, 5.41) is 3.83. The number of rotatable bonds is 4. The predicted molar refractivity (Wildman–Crippen MR) is 86.0 cm³/mol. The smallest absolute Gasteiger partial charge is 0.0326 e. The molecular formula is C19H29N. The highest BCUT2D eigenvalue weighted by atomic mass is 14.9. The molecule has 0 radical (unpaired) electrons. The predicted octanol–water partition coefficient (Wildman–Crippen LogP) is 4.79. The van der Waals surface area contributed by atoms with Crippen molar-refractivity contribution in [3.05, 3.63) is 34.9 Å². The molecule has 0 heterocycles. The van der Waals surface area contributed by atoms with Crippen LogP contribution in [0.25, 0.3) is 0 Å². The van der Waals surface area contributed by atoms with Gasteiger partial charge in [0, 0.05) is 6.04 Å². The molecule has 1 aromatic rings. The standard InChI is InChI=1S/C19H29N/c1-14-4-3-5-16(12-14)10-11-20-19-9-8-17-7-6-15(2)13-18(17)19/h6-7,13-14,16,19-20H,3-5,8-12H2,1-2H3. The van der Waals surface area contributed by atoms with Gasteiger partial charge in [-0.3, -0.25) is 0 Å². The molecular weight excluding hydrogens is 242 g/mol. The lowest BCUT2D eigenvalue weighted by Crippen LogP contribution is -2.24. The van der Waals surface area contributed by atoms with Crippen molar-refractivity contribution in [2.24, 2.45) is 11.8 Å². The summed E-state index contributed by atoms with van der Waals surface area (Å²) in [6, 6.07) is 7.59. The lowest BCUT2D eigenvalue weighted by atomic mass is 9.81. The maximum Gasteiger partial charge on any atom is 0.0326 e. The van der Waals surface area contributed by atoms with Gasteiger partial charge in [-0.1, -0.05) is 49.9 Å². The summed E-state index contributed by atoms with van der Waals surface area (Å²) in [6.07, 6.45) is 9.76. The second kappa shape index (κ2) is 6.30. The molecule has 3 atom stereocenters. The fraction of sp³-hybridized carbons (Fsp3) is 0.684. The minimum absolute atomic E-state index is 0.617. The van der Waals surface area contributed by atoms with E-state index in [0.717, 1.165) is 11.8 Å². The minimum Gasteiger partial charge on any atom is -0.310 e. The van der Waals surface area contributed by atoms with Crippen molar-refractivity contribution in [1.82, 2.24) is 5.32 Å². The Bertz CT molecular complexity index is 451. The SMILES string of the molecule is Cc1ccc2c(c1)C(NCCC1CCCC(C)C1)CC2. The Kier molecular flexibility index (Phi) is 4.45. The summed E-state index contributed by atoms with van der Waals surface area (Å²) in [5.74, 6) is 1.94. The van der Waals surface area contributed by atoms with Gasteiger partial charge in [0.1, 0.15) is 0 Å². The molecule has 2 aliphatic rings. The van der Waals surface area contributed by atoms with Gasteiger partial charge in [-0.15, -0.1) is 0 Å². The van der Waals surface area contributed by atoms with Crippen molar-refractivity contribution in [3.8, 4) is 0 Å². The number of hydrogen-bond donors (Lipinski definition) is 1. The largest absolute Gasteiger partial charge is 0.310 e. The zero-order chi connectivity index (χ0) is 13.9. The van der Waals surface area contributed by atoms with Crippen LogP contribution in [0.4, 0.5) is 0 Å². The topological polar surface area (TPSA) is 12.0 Å². The summed E-state index contributed by atoms with van der Waals surface area (Å²) >= 11 is 0. The zero-order valence-corrected chi connectivity index (χ0v) is 13.1. The summed E-state index contributed by atoms with van der Waals surface area (Å²) < 4.78 is 0. The third-order valence-electron chi connectivity index (χ3n) is 5.37. The van der Waals surface area contributed by atoms with E-state index in [1.807, 2.05) is 0 Å². The minimum atomic E-state index is 0.617. The molecule has 20 heavy (non-hydrogen) atoms. The zero-order valence-electron chi connectivity index (χ0n) is 13.1. The van der Waals surface area contributed by atoms with E-state index in [2.05, 4.69) is 37.4 Å². The number of benzene rings is 1. The number of nitrogens with one attached hydrogen (secondary N) is 1. The van der Waals surface area contributed by atoms with Crippen LogP contribution < -0.4 is 5.32 Å². The second-order valence-corrected chi connectivity index (χ2v) is 7.17. The van der Waals surface area contributed by atoms with Crippen LogP contribution in [0.15, 0.2) is 18.2 Å². The summed E-state index contributed by atoms with van der Waals surface area (Å²) in [5.41, 5.74) is 4.54. The van der Waals surface area contributed by atoms with Crippen molar-refractivity contribution in [3.63, 3.8) is 0 Å². The number of hydrogen-bond acceptors (Lipinski definition) is 1. The molecule has 2 aliphatic carbocycles. The van der Waals surface area contributed by atoms with Crippen molar-refractivity contribution < 1.29 is 0 Å². The fourth-order valence-electron chi connectivity index (χ4n) is 4.22. The Hall–Kier alpha value is -0.820. The Morgan fingerprint density at radius 2 is 2.10 bits per heavy atom. The van der Waals surface area contributed by atoms with Crippen LogP contribution in [0.2, 0.25) is 0 Å². The van der Waals surface area contributed by atoms with Gasteiger partial charge in [-0.05, 0) is 62.1 Å². The molecule has 0 aromatic heterocycles. The molecule has 0 aliphatic heterocycles. The second-order valence-electron chi connectivity index (χ2n) is 7.17. The molecule has 3 rings (SSSR count). The van der Waals surface area contributed by atoms with Gasteiger partial charge in [-0.25, -0.2) is 0 Å². The van der Waals surface area contributed by atoms with E-state index in [9.17, 15) is 0 Å². The van der Waals surface area contributed by atoms with E-state index in [1.165, 1.54) is 57.1 Å². The molecule has 1 heteroatoms. The van der Waals surface area contributed by atoms with E-state index < -0.39 is 0 Å². The first-order valence-electron chi connectivity index (χ1n) is 8.55. The number of fused-ring (bicyclic) bond motifs is 1. The Labute approximate surface area is 124 Å². The van der Waals surface area contributed by atoms with Crippen LogP contribution in [0, 0.1) is 18.8 Å². The maximum absolute atomic E-state index is 3.83. The molecule has 0 spiro atoms. The van der Waals surface area contributed by atoms with Gasteiger partial charge in [0.15, 0.2) is 0 Å². The highest BCUT2D eigenvalue weighted by molar-refractivity contribution is 5.37. The first kappa shape index (κ1) is 14.1. The van der Waals surface area contributed by atoms with Gasteiger partial charge in [0.2, 0.25) is 0 Å². The van der Waals surface area contributed by atoms with Crippen LogP contribution in [0.5, 0.6) is 0 Å². The highest BCUT2D eigenvalue weighted by Crippen LogP contribution is 2.33. The van der Waals surface area contributed by atoms with Crippen molar-refractivity contribution >= 4 is 0 Å². The average molecular weight is 271 g/mol. The molecule has 1 fully saturated rings. The molecule has 0 amide bonds. The first-order chi connectivity index (χ1) is 9.72. The molecule has 1 nitrogen and oxygen atoms in total. The van der Waals surface area contributed by atoms with Crippen molar-refractivity contribution in [2.75, 3.05) is 6.54 Å².